The molecule has 1 aliphatic rings. The number of benzene rings is 1. The molecular formula is C33H34BrN9O6. The number of anilines is 1. The van der Waals surface area contributed by atoms with Crippen molar-refractivity contribution in [2.24, 2.45) is 0 Å². The summed E-state index contributed by atoms with van der Waals surface area (Å²) >= 11 is 3.30. The Morgan fingerprint density at radius 2 is 1.90 bits per heavy atom. The summed E-state index contributed by atoms with van der Waals surface area (Å²) in [6.45, 7) is 3.30. The molecular weight excluding hydrogens is 698 g/mol. The average molecular weight is 733 g/mol. The lowest BCUT2D eigenvalue weighted by Crippen LogP contribution is -2.44. The number of aromatic nitrogens is 6. The minimum atomic E-state index is -0.648. The highest BCUT2D eigenvalue weighted by molar-refractivity contribution is 9.10. The van der Waals surface area contributed by atoms with Gasteiger partial charge in [0, 0.05) is 56.5 Å². The Bertz CT molecular complexity index is 2040. The smallest absolute Gasteiger partial charge is 0.271 e. The Labute approximate surface area is 289 Å². The van der Waals surface area contributed by atoms with Gasteiger partial charge in [0.1, 0.15) is 28.7 Å². The molecule has 1 atom stereocenters. The molecule has 2 N–H and O–H groups in total. The molecule has 5 heterocycles. The first-order chi connectivity index (χ1) is 23.7. The highest BCUT2D eigenvalue weighted by Crippen LogP contribution is 2.28. The van der Waals surface area contributed by atoms with Crippen LogP contribution in [0.4, 0.5) is 5.82 Å². The summed E-state index contributed by atoms with van der Waals surface area (Å²) in [6.07, 6.45) is 4.62. The molecule has 3 amide bonds. The number of methoxy groups -OCH3 is 1. The number of halogens is 1. The SMILES string of the molecule is COCCOCCNC(=O)c1cc2ncc(-c3ccc4c(c3)c(C(C)=O)nn4CC(=O)N3CCC[C@H]3C(=O)Nc3cccc(Br)n3)cn2n1. The van der Waals surface area contributed by atoms with Gasteiger partial charge in [0.25, 0.3) is 5.91 Å². The van der Waals surface area contributed by atoms with Gasteiger partial charge in [-0.1, -0.05) is 12.1 Å². The zero-order valence-corrected chi connectivity index (χ0v) is 28.5. The minimum Gasteiger partial charge on any atom is -0.382 e. The van der Waals surface area contributed by atoms with E-state index < -0.39 is 6.04 Å². The first-order valence-corrected chi connectivity index (χ1v) is 16.5. The predicted molar refractivity (Wildman–Crippen MR) is 182 cm³/mol. The molecule has 1 aromatic carbocycles. The molecule has 1 aliphatic heterocycles. The van der Waals surface area contributed by atoms with Crippen molar-refractivity contribution in [3.8, 4) is 11.1 Å². The van der Waals surface area contributed by atoms with Crippen LogP contribution in [0.25, 0.3) is 27.7 Å². The molecule has 1 saturated heterocycles. The van der Waals surface area contributed by atoms with Crippen LogP contribution in [-0.4, -0.2) is 104 Å². The normalized spacial score (nSPS) is 14.4. The number of hydrogen-bond acceptors (Lipinski definition) is 10. The lowest BCUT2D eigenvalue weighted by Gasteiger charge is -2.24. The molecule has 0 saturated carbocycles. The van der Waals surface area contributed by atoms with Gasteiger partial charge in [0.2, 0.25) is 11.8 Å². The van der Waals surface area contributed by atoms with E-state index >= 15 is 0 Å². The van der Waals surface area contributed by atoms with Crippen LogP contribution in [0.3, 0.4) is 0 Å². The molecule has 0 bridgehead atoms. The van der Waals surface area contributed by atoms with Gasteiger partial charge in [-0.2, -0.15) is 10.2 Å². The van der Waals surface area contributed by atoms with Gasteiger partial charge in [-0.15, -0.1) is 0 Å². The molecule has 1 fully saturated rings. The summed E-state index contributed by atoms with van der Waals surface area (Å²) in [4.78, 5) is 62.2. The maximum Gasteiger partial charge on any atom is 0.271 e. The van der Waals surface area contributed by atoms with E-state index in [2.05, 4.69) is 46.7 Å². The molecule has 4 aromatic heterocycles. The topological polar surface area (TPSA) is 175 Å². The fourth-order valence-corrected chi connectivity index (χ4v) is 6.04. The van der Waals surface area contributed by atoms with E-state index in [1.165, 1.54) is 16.1 Å². The van der Waals surface area contributed by atoms with Crippen LogP contribution in [-0.2, 0) is 25.6 Å². The number of pyridine rings is 1. The lowest BCUT2D eigenvalue weighted by atomic mass is 10.0. The van der Waals surface area contributed by atoms with E-state index in [9.17, 15) is 19.2 Å². The highest BCUT2D eigenvalue weighted by Gasteiger charge is 2.34. The number of fused-ring (bicyclic) bond motifs is 2. The number of nitrogens with one attached hydrogen (secondary N) is 2. The molecule has 0 radical (unpaired) electrons. The third-order valence-electron chi connectivity index (χ3n) is 8.05. The van der Waals surface area contributed by atoms with Gasteiger partial charge in [-0.05, 0) is 58.6 Å². The number of carbonyl (C=O) groups is 4. The molecule has 6 rings (SSSR count). The second kappa shape index (κ2) is 15.0. The maximum atomic E-state index is 13.6. The monoisotopic (exact) mass is 731 g/mol. The number of hydrogen-bond donors (Lipinski definition) is 2. The maximum absolute atomic E-state index is 13.6. The quantitative estimate of drug-likeness (QED) is 0.104. The summed E-state index contributed by atoms with van der Waals surface area (Å²) in [7, 11) is 1.59. The van der Waals surface area contributed by atoms with Gasteiger partial charge in [0.15, 0.2) is 17.1 Å². The summed E-state index contributed by atoms with van der Waals surface area (Å²) in [5.41, 5.74) is 2.95. The fourth-order valence-electron chi connectivity index (χ4n) is 5.69. The van der Waals surface area contributed by atoms with Gasteiger partial charge in [0.05, 0.1) is 25.3 Å². The van der Waals surface area contributed by atoms with Crippen molar-refractivity contribution in [2.45, 2.75) is 32.4 Å². The average Bonchev–Trinajstić information content (AvgIpc) is 3.83. The summed E-state index contributed by atoms with van der Waals surface area (Å²) in [6, 6.07) is 11.6. The number of carbonyl (C=O) groups excluding carboxylic acids is 4. The Morgan fingerprint density at radius 1 is 1.04 bits per heavy atom. The Hall–Kier alpha value is -5.06. The molecule has 0 aliphatic carbocycles. The fraction of sp³-hybridized carbons (Fsp3) is 0.333. The molecule has 254 valence electrons. The van der Waals surface area contributed by atoms with E-state index in [1.54, 1.807) is 54.7 Å². The van der Waals surface area contributed by atoms with Gasteiger partial charge in [-0.25, -0.2) is 14.5 Å². The number of amides is 3. The molecule has 5 aromatic rings. The van der Waals surface area contributed by atoms with E-state index in [4.69, 9.17) is 9.47 Å². The Morgan fingerprint density at radius 3 is 2.69 bits per heavy atom. The van der Waals surface area contributed by atoms with Crippen molar-refractivity contribution in [1.29, 1.82) is 0 Å². The van der Waals surface area contributed by atoms with Crippen LogP contribution >= 0.6 is 15.9 Å². The number of Topliss-reactive ketones (excluding diaryl/α,β-unsaturated/α-hetero) is 1. The van der Waals surface area contributed by atoms with E-state index in [-0.39, 0.29) is 41.4 Å². The van der Waals surface area contributed by atoms with Gasteiger partial charge in [-0.3, -0.25) is 23.9 Å². The summed E-state index contributed by atoms with van der Waals surface area (Å²) < 4.78 is 13.9. The van der Waals surface area contributed by atoms with E-state index in [0.29, 0.717) is 78.3 Å². The van der Waals surface area contributed by atoms with Crippen molar-refractivity contribution < 1.29 is 28.7 Å². The van der Waals surface area contributed by atoms with Gasteiger partial charge < -0.3 is 25.0 Å². The standard InChI is InChI=1S/C33H34BrN9O6/c1-20(44)31-23-15-21(22-17-36-29-16-24(39-43(29)18-22)32(46)35-10-12-49-14-13-48-2)8-9-25(23)42(40-31)19-30(45)41-11-4-5-26(41)33(47)38-28-7-3-6-27(34)37-28/h3,6-9,15-18,26H,4-5,10-14,19H2,1-2H3,(H,35,46)(H,37,38,47)/t26-/m0/s1. The Kier molecular flexibility index (Phi) is 10.4. The van der Waals surface area contributed by atoms with Crippen LogP contribution in [0.5, 0.6) is 0 Å². The van der Waals surface area contributed by atoms with Crippen LogP contribution in [0.2, 0.25) is 0 Å². The predicted octanol–water partition coefficient (Wildman–Crippen LogP) is 3.13. The zero-order chi connectivity index (χ0) is 34.5. The van der Waals surface area contributed by atoms with Crippen LogP contribution in [0.1, 0.15) is 40.7 Å². The number of ether oxygens (including phenoxy) is 2. The first kappa shape index (κ1) is 33.8. The van der Waals surface area contributed by atoms with Crippen molar-refractivity contribution >= 4 is 61.8 Å². The van der Waals surface area contributed by atoms with Crippen molar-refractivity contribution in [3.63, 3.8) is 0 Å². The van der Waals surface area contributed by atoms with Gasteiger partial charge >= 0.3 is 0 Å². The number of ketones is 1. The number of nitrogens with zero attached hydrogens (tertiary/aromatic N) is 7. The molecule has 15 nitrogen and oxygen atoms in total. The second-order valence-corrected chi connectivity index (χ2v) is 12.2. The van der Waals surface area contributed by atoms with E-state index in [1.807, 2.05) is 12.1 Å². The highest BCUT2D eigenvalue weighted by atomic mass is 79.9. The second-order valence-electron chi connectivity index (χ2n) is 11.4. The molecule has 16 heteroatoms. The Balaban J connectivity index is 1.18. The first-order valence-electron chi connectivity index (χ1n) is 15.7. The van der Waals surface area contributed by atoms with Crippen LogP contribution in [0.15, 0.2) is 59.5 Å². The lowest BCUT2D eigenvalue weighted by molar-refractivity contribution is -0.137. The van der Waals surface area contributed by atoms with Crippen LogP contribution < -0.4 is 10.6 Å². The summed E-state index contributed by atoms with van der Waals surface area (Å²) in [5.74, 6) is -0.806. The number of likely N-dealkylation sites (tertiary alicyclic amines) is 1. The largest absolute Gasteiger partial charge is 0.382 e. The van der Waals surface area contributed by atoms with Crippen molar-refractivity contribution in [3.05, 3.63) is 70.8 Å². The van der Waals surface area contributed by atoms with E-state index in [0.717, 1.165) is 5.56 Å². The van der Waals surface area contributed by atoms with Crippen molar-refractivity contribution in [1.82, 2.24) is 39.6 Å². The van der Waals surface area contributed by atoms with Crippen LogP contribution in [0, 0.1) is 0 Å². The molecule has 0 spiro atoms. The number of rotatable bonds is 13. The molecule has 0 unspecified atom stereocenters. The summed E-state index contributed by atoms with van der Waals surface area (Å²) in [5, 5.41) is 15.0. The zero-order valence-electron chi connectivity index (χ0n) is 26.9. The third kappa shape index (κ3) is 7.66. The molecule has 49 heavy (non-hydrogen) atoms. The third-order valence-corrected chi connectivity index (χ3v) is 8.50. The van der Waals surface area contributed by atoms with Crippen molar-refractivity contribution in [2.75, 3.05) is 45.3 Å². The minimum absolute atomic E-state index is 0.146.